The van der Waals surface area contributed by atoms with Crippen molar-refractivity contribution in [3.8, 4) is 0 Å². The summed E-state index contributed by atoms with van der Waals surface area (Å²) in [4.78, 5) is 11.6. The smallest absolute Gasteiger partial charge is 0.340 e. The van der Waals surface area contributed by atoms with E-state index >= 15 is 0 Å². The van der Waals surface area contributed by atoms with Crippen LogP contribution in [-0.2, 0) is 15.1 Å². The van der Waals surface area contributed by atoms with Crippen molar-refractivity contribution in [1.29, 1.82) is 0 Å². The van der Waals surface area contributed by atoms with Crippen LogP contribution < -0.4 is 0 Å². The molecule has 0 saturated heterocycles. The first-order chi connectivity index (χ1) is 8.05. The van der Waals surface area contributed by atoms with Crippen LogP contribution >= 0.6 is 0 Å². The Balaban J connectivity index is 3.20. The fraction of sp³-hybridized carbons (Fsp3) is 0.500. The summed E-state index contributed by atoms with van der Waals surface area (Å²) >= 11 is 0. The molecule has 1 aromatic carbocycles. The summed E-state index contributed by atoms with van der Waals surface area (Å²) in [6.07, 6.45) is 0.800. The molecule has 0 fully saturated rings. The summed E-state index contributed by atoms with van der Waals surface area (Å²) < 4.78 is 5.69. The molecule has 94 valence electrons. The Morgan fingerprint density at radius 2 is 1.94 bits per heavy atom. The van der Waals surface area contributed by atoms with Crippen LogP contribution in [0.15, 0.2) is 30.3 Å². The van der Waals surface area contributed by atoms with E-state index in [2.05, 4.69) is 0 Å². The SMILES string of the molecule is CCCOC(C(=O)O)(c1ccccc1)C(C)C. The molecule has 0 heterocycles. The molecule has 3 heteroatoms. The monoisotopic (exact) mass is 236 g/mol. The Hall–Kier alpha value is -1.35. The van der Waals surface area contributed by atoms with Crippen molar-refractivity contribution in [1.82, 2.24) is 0 Å². The molecule has 0 aliphatic heterocycles. The van der Waals surface area contributed by atoms with Crippen molar-refractivity contribution >= 4 is 5.97 Å². The number of aliphatic carboxylic acids is 1. The van der Waals surface area contributed by atoms with Crippen LogP contribution in [-0.4, -0.2) is 17.7 Å². The van der Waals surface area contributed by atoms with Crippen LogP contribution in [0.2, 0.25) is 0 Å². The van der Waals surface area contributed by atoms with Gasteiger partial charge in [-0.2, -0.15) is 0 Å². The van der Waals surface area contributed by atoms with Gasteiger partial charge in [-0.25, -0.2) is 4.79 Å². The van der Waals surface area contributed by atoms with E-state index in [1.165, 1.54) is 0 Å². The van der Waals surface area contributed by atoms with Gasteiger partial charge in [-0.15, -0.1) is 0 Å². The van der Waals surface area contributed by atoms with Crippen LogP contribution in [0.1, 0.15) is 32.8 Å². The van der Waals surface area contributed by atoms with Crippen molar-refractivity contribution in [3.63, 3.8) is 0 Å². The summed E-state index contributed by atoms with van der Waals surface area (Å²) in [5, 5.41) is 9.55. The number of hydrogen-bond acceptors (Lipinski definition) is 2. The molecule has 1 atom stereocenters. The van der Waals surface area contributed by atoms with Crippen molar-refractivity contribution in [2.45, 2.75) is 32.8 Å². The minimum absolute atomic E-state index is 0.131. The first-order valence-electron chi connectivity index (χ1n) is 5.98. The third kappa shape index (κ3) is 2.67. The van der Waals surface area contributed by atoms with E-state index in [0.29, 0.717) is 12.2 Å². The molecule has 0 aliphatic carbocycles. The average molecular weight is 236 g/mol. The molecule has 17 heavy (non-hydrogen) atoms. The van der Waals surface area contributed by atoms with Crippen LogP contribution in [0.3, 0.4) is 0 Å². The van der Waals surface area contributed by atoms with E-state index in [1.54, 1.807) is 0 Å². The number of carbonyl (C=O) groups is 1. The van der Waals surface area contributed by atoms with E-state index in [-0.39, 0.29) is 5.92 Å². The maximum absolute atomic E-state index is 11.6. The Kier molecular flexibility index (Phi) is 4.70. The van der Waals surface area contributed by atoms with E-state index in [1.807, 2.05) is 51.1 Å². The molecule has 0 bridgehead atoms. The van der Waals surface area contributed by atoms with Crippen LogP contribution in [0.25, 0.3) is 0 Å². The lowest BCUT2D eigenvalue weighted by atomic mass is 9.83. The van der Waals surface area contributed by atoms with Gasteiger partial charge in [0.1, 0.15) is 0 Å². The average Bonchev–Trinajstić information content (AvgIpc) is 2.30. The Morgan fingerprint density at radius 1 is 1.35 bits per heavy atom. The normalized spacial score (nSPS) is 14.6. The number of carboxylic acid groups (broad SMARTS) is 1. The molecule has 0 saturated carbocycles. The fourth-order valence-electron chi connectivity index (χ4n) is 1.96. The molecule has 0 spiro atoms. The zero-order chi connectivity index (χ0) is 12.9. The van der Waals surface area contributed by atoms with Gasteiger partial charge in [0.25, 0.3) is 0 Å². The maximum Gasteiger partial charge on any atom is 0.340 e. The number of ether oxygens (including phenoxy) is 1. The zero-order valence-electron chi connectivity index (χ0n) is 10.6. The van der Waals surface area contributed by atoms with Gasteiger partial charge in [-0.05, 0) is 17.9 Å². The Bertz CT molecular complexity index is 359. The van der Waals surface area contributed by atoms with Gasteiger partial charge in [0, 0.05) is 6.61 Å². The van der Waals surface area contributed by atoms with Gasteiger partial charge in [-0.3, -0.25) is 0 Å². The predicted octanol–water partition coefficient (Wildman–Crippen LogP) is 3.05. The summed E-state index contributed by atoms with van der Waals surface area (Å²) in [5.74, 6) is -1.05. The van der Waals surface area contributed by atoms with Gasteiger partial charge < -0.3 is 9.84 Å². The van der Waals surface area contributed by atoms with Crippen LogP contribution in [0.5, 0.6) is 0 Å². The molecule has 1 N–H and O–H groups in total. The highest BCUT2D eigenvalue weighted by molar-refractivity contribution is 5.79. The predicted molar refractivity (Wildman–Crippen MR) is 66.8 cm³/mol. The first kappa shape index (κ1) is 13.7. The number of hydrogen-bond donors (Lipinski definition) is 1. The standard InChI is InChI=1S/C14H20O3/c1-4-10-17-14(11(2)3,13(15)16)12-8-6-5-7-9-12/h5-9,11H,4,10H2,1-3H3,(H,15,16). The van der Waals surface area contributed by atoms with Crippen LogP contribution in [0.4, 0.5) is 0 Å². The van der Waals surface area contributed by atoms with Crippen molar-refractivity contribution in [2.24, 2.45) is 5.92 Å². The first-order valence-corrected chi connectivity index (χ1v) is 5.98. The third-order valence-corrected chi connectivity index (χ3v) is 2.87. The lowest BCUT2D eigenvalue weighted by Gasteiger charge is -2.33. The summed E-state index contributed by atoms with van der Waals surface area (Å²) in [5.41, 5.74) is -0.534. The van der Waals surface area contributed by atoms with E-state index in [0.717, 1.165) is 6.42 Å². The topological polar surface area (TPSA) is 46.5 Å². The number of benzene rings is 1. The number of carboxylic acids is 1. The van der Waals surface area contributed by atoms with Crippen molar-refractivity contribution in [3.05, 3.63) is 35.9 Å². The highest BCUT2D eigenvalue weighted by Crippen LogP contribution is 2.34. The van der Waals surface area contributed by atoms with Gasteiger partial charge in [0.2, 0.25) is 0 Å². The molecule has 3 nitrogen and oxygen atoms in total. The van der Waals surface area contributed by atoms with E-state index < -0.39 is 11.6 Å². The van der Waals surface area contributed by atoms with Gasteiger partial charge >= 0.3 is 5.97 Å². The van der Waals surface area contributed by atoms with E-state index in [4.69, 9.17) is 4.74 Å². The quantitative estimate of drug-likeness (QED) is 0.825. The number of rotatable bonds is 6. The van der Waals surface area contributed by atoms with Gasteiger partial charge in [0.05, 0.1) is 0 Å². The molecular formula is C14H20O3. The molecule has 0 amide bonds. The second-order valence-corrected chi connectivity index (χ2v) is 4.41. The molecule has 1 unspecified atom stereocenters. The molecule has 1 rings (SSSR count). The lowest BCUT2D eigenvalue weighted by Crippen LogP contribution is -2.43. The third-order valence-electron chi connectivity index (χ3n) is 2.87. The highest BCUT2D eigenvalue weighted by Gasteiger charge is 2.44. The molecule has 0 radical (unpaired) electrons. The summed E-state index contributed by atoms with van der Waals surface area (Å²) in [6, 6.07) is 9.17. The fourth-order valence-corrected chi connectivity index (χ4v) is 1.96. The van der Waals surface area contributed by atoms with Gasteiger partial charge in [-0.1, -0.05) is 51.1 Å². The summed E-state index contributed by atoms with van der Waals surface area (Å²) in [7, 11) is 0. The second-order valence-electron chi connectivity index (χ2n) is 4.41. The molecule has 0 aromatic heterocycles. The molecule has 0 aliphatic rings. The zero-order valence-corrected chi connectivity index (χ0v) is 10.6. The minimum Gasteiger partial charge on any atom is -0.479 e. The Labute approximate surface area is 102 Å². The van der Waals surface area contributed by atoms with E-state index in [9.17, 15) is 9.90 Å². The lowest BCUT2D eigenvalue weighted by molar-refractivity contribution is -0.175. The molecule has 1 aromatic rings. The van der Waals surface area contributed by atoms with Crippen molar-refractivity contribution in [2.75, 3.05) is 6.61 Å². The minimum atomic E-state index is -1.24. The Morgan fingerprint density at radius 3 is 2.35 bits per heavy atom. The van der Waals surface area contributed by atoms with Gasteiger partial charge in [0.15, 0.2) is 5.60 Å². The molecular weight excluding hydrogens is 216 g/mol. The largest absolute Gasteiger partial charge is 0.479 e. The maximum atomic E-state index is 11.6. The second kappa shape index (κ2) is 5.82. The van der Waals surface area contributed by atoms with Crippen molar-refractivity contribution < 1.29 is 14.6 Å². The summed E-state index contributed by atoms with van der Waals surface area (Å²) in [6.45, 7) is 6.16. The van der Waals surface area contributed by atoms with Crippen LogP contribution in [0, 0.1) is 5.92 Å². The highest BCUT2D eigenvalue weighted by atomic mass is 16.5.